The van der Waals surface area contributed by atoms with Crippen molar-refractivity contribution < 1.29 is 26.7 Å². The van der Waals surface area contributed by atoms with Gasteiger partial charge >= 0.3 is 6.18 Å². The number of nitrogens with zero attached hydrogens (tertiary/aromatic N) is 5. The highest BCUT2D eigenvalue weighted by molar-refractivity contribution is 5.90. The summed E-state index contributed by atoms with van der Waals surface area (Å²) in [6.07, 6.45) is -3.02. The summed E-state index contributed by atoms with van der Waals surface area (Å²) in [7, 11) is 0. The van der Waals surface area contributed by atoms with Crippen molar-refractivity contribution in [3.05, 3.63) is 30.2 Å². The van der Waals surface area contributed by atoms with Crippen LogP contribution in [0.25, 0.3) is 11.0 Å². The number of nitrogen functional groups attached to an aromatic ring is 1. The quantitative estimate of drug-likeness (QED) is 0.634. The second-order valence-electron chi connectivity index (χ2n) is 6.53. The largest absolute Gasteiger partial charge is 0.418 e. The zero-order chi connectivity index (χ0) is 20.8. The predicted molar refractivity (Wildman–Crippen MR) is 90.5 cm³/mol. The highest BCUT2D eigenvalue weighted by atomic mass is 19.4. The van der Waals surface area contributed by atoms with Crippen molar-refractivity contribution in [1.82, 2.24) is 30.0 Å². The topological polar surface area (TPSA) is 104 Å². The Morgan fingerprint density at radius 3 is 2.76 bits per heavy atom. The lowest BCUT2D eigenvalue weighted by atomic mass is 10.0. The highest BCUT2D eigenvalue weighted by Crippen LogP contribution is 2.37. The molecular formula is C16H14F5N7O. The van der Waals surface area contributed by atoms with Crippen molar-refractivity contribution in [2.45, 2.75) is 24.6 Å². The lowest BCUT2D eigenvalue weighted by Gasteiger charge is -2.29. The van der Waals surface area contributed by atoms with E-state index in [0.717, 1.165) is 18.6 Å². The molecule has 3 N–H and O–H groups in total. The number of hydrogen-bond donors (Lipinski definition) is 2. The van der Waals surface area contributed by atoms with E-state index in [1.807, 2.05) is 0 Å². The summed E-state index contributed by atoms with van der Waals surface area (Å²) in [6.45, 7) is -0.269. The van der Waals surface area contributed by atoms with E-state index in [1.54, 1.807) is 0 Å². The third-order valence-electron chi connectivity index (χ3n) is 4.39. The third-order valence-corrected chi connectivity index (χ3v) is 4.39. The van der Waals surface area contributed by atoms with Crippen LogP contribution in [0.5, 0.6) is 11.8 Å². The van der Waals surface area contributed by atoms with Crippen LogP contribution in [0.1, 0.15) is 18.0 Å². The van der Waals surface area contributed by atoms with E-state index in [9.17, 15) is 22.0 Å². The first-order chi connectivity index (χ1) is 13.6. The number of ether oxygens (including phenoxy) is 1. The Balaban J connectivity index is 1.76. The highest BCUT2D eigenvalue weighted by Gasteiger charge is 2.38. The van der Waals surface area contributed by atoms with Crippen LogP contribution in [0.15, 0.2) is 24.7 Å². The molecule has 29 heavy (non-hydrogen) atoms. The van der Waals surface area contributed by atoms with E-state index in [4.69, 9.17) is 10.5 Å². The molecule has 0 bridgehead atoms. The van der Waals surface area contributed by atoms with Crippen LogP contribution < -0.4 is 15.8 Å². The van der Waals surface area contributed by atoms with Gasteiger partial charge in [0.1, 0.15) is 17.5 Å². The van der Waals surface area contributed by atoms with Gasteiger partial charge in [0.2, 0.25) is 5.88 Å². The van der Waals surface area contributed by atoms with Gasteiger partial charge in [0, 0.05) is 25.2 Å². The molecule has 1 saturated heterocycles. The molecule has 1 atom stereocenters. The molecule has 1 unspecified atom stereocenters. The van der Waals surface area contributed by atoms with Gasteiger partial charge in [-0.15, -0.1) is 5.10 Å². The second kappa shape index (κ2) is 6.76. The van der Waals surface area contributed by atoms with Crippen molar-refractivity contribution in [3.63, 3.8) is 0 Å². The smallest absolute Gasteiger partial charge is 0.416 e. The summed E-state index contributed by atoms with van der Waals surface area (Å²) in [6, 6.07) is 0.709. The first-order valence-electron chi connectivity index (χ1n) is 8.42. The maximum absolute atomic E-state index is 13.8. The molecule has 0 amide bonds. The summed E-state index contributed by atoms with van der Waals surface area (Å²) >= 11 is 0. The number of nitrogens with two attached hydrogens (primary N) is 1. The molecule has 0 aliphatic carbocycles. The van der Waals surface area contributed by atoms with Crippen LogP contribution in [0.4, 0.5) is 27.8 Å². The van der Waals surface area contributed by atoms with Crippen molar-refractivity contribution >= 4 is 16.9 Å². The van der Waals surface area contributed by atoms with Crippen molar-refractivity contribution in [3.8, 4) is 11.8 Å². The van der Waals surface area contributed by atoms with Gasteiger partial charge in [-0.3, -0.25) is 0 Å². The minimum absolute atomic E-state index is 0.0567. The zero-order valence-corrected chi connectivity index (χ0v) is 14.6. The number of alkyl halides is 5. The molecule has 1 aliphatic rings. The van der Waals surface area contributed by atoms with Crippen LogP contribution in [0.2, 0.25) is 0 Å². The first-order valence-corrected chi connectivity index (χ1v) is 8.42. The second-order valence-corrected chi connectivity index (χ2v) is 6.53. The van der Waals surface area contributed by atoms with Crippen LogP contribution in [0.3, 0.4) is 0 Å². The number of fused-ring (bicyclic) bond motifs is 1. The van der Waals surface area contributed by atoms with E-state index in [2.05, 4.69) is 25.4 Å². The molecule has 3 aromatic heterocycles. The monoisotopic (exact) mass is 415 g/mol. The Morgan fingerprint density at radius 1 is 1.24 bits per heavy atom. The van der Waals surface area contributed by atoms with Gasteiger partial charge in [-0.2, -0.15) is 13.2 Å². The number of anilines is 1. The van der Waals surface area contributed by atoms with Gasteiger partial charge in [-0.25, -0.2) is 28.4 Å². The molecule has 13 heteroatoms. The minimum Gasteiger partial charge on any atom is -0.418 e. The van der Waals surface area contributed by atoms with Gasteiger partial charge in [0.15, 0.2) is 5.65 Å². The van der Waals surface area contributed by atoms with Gasteiger partial charge in [0.25, 0.3) is 11.8 Å². The molecule has 0 aromatic carbocycles. The van der Waals surface area contributed by atoms with Gasteiger partial charge in [0.05, 0.1) is 18.2 Å². The fraction of sp³-hybridized carbons (Fsp3) is 0.375. The summed E-state index contributed by atoms with van der Waals surface area (Å²) in [5.74, 6) is -3.62. The number of halogens is 5. The fourth-order valence-electron chi connectivity index (χ4n) is 3.11. The van der Waals surface area contributed by atoms with Gasteiger partial charge in [-0.1, -0.05) is 0 Å². The number of aromatic nitrogens is 5. The Hall–Kier alpha value is -3.09. The molecular weight excluding hydrogens is 401 g/mol. The summed E-state index contributed by atoms with van der Waals surface area (Å²) < 4.78 is 73.0. The van der Waals surface area contributed by atoms with Crippen LogP contribution in [-0.4, -0.2) is 43.7 Å². The summed E-state index contributed by atoms with van der Waals surface area (Å²) in [4.78, 5) is 11.6. The Kier molecular flexibility index (Phi) is 4.48. The lowest BCUT2D eigenvalue weighted by molar-refractivity contribution is -0.137. The molecule has 3 aromatic rings. The molecule has 4 rings (SSSR count). The number of pyridine rings is 1. The molecule has 0 radical (unpaired) electrons. The van der Waals surface area contributed by atoms with Crippen LogP contribution in [-0.2, 0) is 6.18 Å². The zero-order valence-electron chi connectivity index (χ0n) is 14.6. The molecule has 1 fully saturated rings. The standard InChI is InChI=1S/C16H14F5N7O/c17-15(18)4-9(5-23-6-15)28-13-11(12(22)25-7-26-13)14(27-28)29-10-3-8(1-2-24-10)16(19,20)21/h1-3,7,9,23H,4-6H2,(H2,22,25,26). The minimum atomic E-state index is -4.59. The molecule has 154 valence electrons. The Labute approximate surface area is 159 Å². The molecule has 0 saturated carbocycles. The maximum atomic E-state index is 13.8. The van der Waals surface area contributed by atoms with Crippen molar-refractivity contribution in [2.24, 2.45) is 0 Å². The van der Waals surface area contributed by atoms with E-state index in [-0.39, 0.29) is 35.2 Å². The van der Waals surface area contributed by atoms with Crippen LogP contribution in [0, 0.1) is 0 Å². The van der Waals surface area contributed by atoms with E-state index >= 15 is 0 Å². The van der Waals surface area contributed by atoms with Crippen molar-refractivity contribution in [2.75, 3.05) is 18.8 Å². The molecule has 4 heterocycles. The van der Waals surface area contributed by atoms with Crippen molar-refractivity contribution in [1.29, 1.82) is 0 Å². The summed E-state index contributed by atoms with van der Waals surface area (Å²) in [5.41, 5.74) is 5.02. The number of piperidine rings is 1. The SMILES string of the molecule is Nc1ncnc2c1c(Oc1cc(C(F)(F)F)ccn1)nn2C1CNCC(F)(F)C1. The van der Waals surface area contributed by atoms with Gasteiger partial charge < -0.3 is 15.8 Å². The Morgan fingerprint density at radius 2 is 2.03 bits per heavy atom. The first kappa shape index (κ1) is 19.2. The fourth-order valence-corrected chi connectivity index (χ4v) is 3.11. The third kappa shape index (κ3) is 3.77. The normalized spacial score (nSPS) is 19.4. The average molecular weight is 415 g/mol. The number of rotatable bonds is 3. The average Bonchev–Trinajstić information content (AvgIpc) is 3.00. The number of nitrogens with one attached hydrogen (secondary N) is 1. The maximum Gasteiger partial charge on any atom is 0.416 e. The molecule has 0 spiro atoms. The Bertz CT molecular complexity index is 1050. The van der Waals surface area contributed by atoms with Crippen LogP contribution >= 0.6 is 0 Å². The van der Waals surface area contributed by atoms with E-state index in [1.165, 1.54) is 4.68 Å². The number of hydrogen-bond acceptors (Lipinski definition) is 7. The molecule has 8 nitrogen and oxygen atoms in total. The summed E-state index contributed by atoms with van der Waals surface area (Å²) in [5, 5.41) is 6.86. The lowest BCUT2D eigenvalue weighted by Crippen LogP contribution is -2.44. The van der Waals surface area contributed by atoms with E-state index < -0.39 is 36.7 Å². The van der Waals surface area contributed by atoms with E-state index in [0.29, 0.717) is 6.07 Å². The van der Waals surface area contributed by atoms with Gasteiger partial charge in [-0.05, 0) is 6.07 Å². The molecule has 1 aliphatic heterocycles. The predicted octanol–water partition coefficient (Wildman–Crippen LogP) is 2.78.